The fraction of sp³-hybridized carbons (Fsp3) is 0.462. The van der Waals surface area contributed by atoms with Crippen LogP contribution in [-0.4, -0.2) is 27.5 Å². The summed E-state index contributed by atoms with van der Waals surface area (Å²) in [4.78, 5) is 26.8. The van der Waals surface area contributed by atoms with Crippen molar-refractivity contribution in [1.29, 1.82) is 0 Å². The Labute approximate surface area is 115 Å². The molecule has 1 fully saturated rings. The van der Waals surface area contributed by atoms with Crippen LogP contribution >= 0.6 is 11.3 Å². The van der Waals surface area contributed by atoms with Gasteiger partial charge in [-0.1, -0.05) is 0 Å². The summed E-state index contributed by atoms with van der Waals surface area (Å²) >= 11 is 1.52. The Bertz CT molecular complexity index is 518. The molecule has 1 aliphatic rings. The Hall–Kier alpha value is -1.69. The molecular weight excluding hydrogens is 264 g/mol. The molecule has 0 spiro atoms. The molecule has 1 aromatic heterocycles. The highest BCUT2D eigenvalue weighted by molar-refractivity contribution is 7.09. The lowest BCUT2D eigenvalue weighted by atomic mass is 9.74. The van der Waals surface area contributed by atoms with Gasteiger partial charge >= 0.3 is 5.97 Å². The molecule has 0 radical (unpaired) electrons. The minimum Gasteiger partial charge on any atom is -0.481 e. The highest BCUT2D eigenvalue weighted by Gasteiger charge is 2.39. The first-order chi connectivity index (χ1) is 8.99. The van der Waals surface area contributed by atoms with Crippen molar-refractivity contribution in [2.45, 2.75) is 38.1 Å². The molecule has 0 bridgehead atoms. The summed E-state index contributed by atoms with van der Waals surface area (Å²) in [5.41, 5.74) is 0.198. The van der Waals surface area contributed by atoms with Crippen LogP contribution in [0.2, 0.25) is 0 Å². The fourth-order valence-corrected chi connectivity index (χ4v) is 2.74. The van der Waals surface area contributed by atoms with Crippen molar-refractivity contribution in [2.75, 3.05) is 0 Å². The molecule has 0 unspecified atom stereocenters. The Morgan fingerprint density at radius 1 is 1.58 bits per heavy atom. The van der Waals surface area contributed by atoms with Crippen molar-refractivity contribution in [3.8, 4) is 0 Å². The number of nitrogens with one attached hydrogen (secondary N) is 1. The van der Waals surface area contributed by atoms with Crippen LogP contribution in [0, 0.1) is 6.92 Å². The third-order valence-corrected chi connectivity index (χ3v) is 4.02. The van der Waals surface area contributed by atoms with Gasteiger partial charge < -0.3 is 10.4 Å². The molecule has 1 heterocycles. The number of aromatic nitrogens is 1. The number of rotatable bonds is 5. The Kier molecular flexibility index (Phi) is 3.99. The van der Waals surface area contributed by atoms with Gasteiger partial charge in [0.05, 0.1) is 22.7 Å². The molecule has 1 aromatic rings. The third kappa shape index (κ3) is 3.64. The van der Waals surface area contributed by atoms with Gasteiger partial charge in [-0.15, -0.1) is 11.3 Å². The van der Waals surface area contributed by atoms with Crippen LogP contribution in [0.3, 0.4) is 0 Å². The van der Waals surface area contributed by atoms with E-state index in [4.69, 9.17) is 5.11 Å². The quantitative estimate of drug-likeness (QED) is 0.808. The SMILES string of the molecule is Cc1nc(C=CC(=O)NC2(CC(=O)O)CCC2)cs1. The second-order valence-electron chi connectivity index (χ2n) is 4.82. The van der Waals surface area contributed by atoms with Gasteiger partial charge in [0.25, 0.3) is 0 Å². The van der Waals surface area contributed by atoms with Crippen LogP contribution in [0.5, 0.6) is 0 Å². The minimum atomic E-state index is -0.876. The number of carboxylic acids is 1. The first-order valence-corrected chi connectivity index (χ1v) is 7.01. The molecule has 0 atom stereocenters. The molecule has 0 aromatic carbocycles. The first-order valence-electron chi connectivity index (χ1n) is 6.13. The van der Waals surface area contributed by atoms with E-state index in [1.807, 2.05) is 12.3 Å². The normalized spacial score (nSPS) is 17.1. The van der Waals surface area contributed by atoms with Gasteiger partial charge in [-0.3, -0.25) is 9.59 Å². The van der Waals surface area contributed by atoms with Gasteiger partial charge in [-0.25, -0.2) is 4.98 Å². The van der Waals surface area contributed by atoms with E-state index in [-0.39, 0.29) is 12.3 Å². The lowest BCUT2D eigenvalue weighted by Gasteiger charge is -2.41. The smallest absolute Gasteiger partial charge is 0.305 e. The van der Waals surface area contributed by atoms with Crippen molar-refractivity contribution in [2.24, 2.45) is 0 Å². The van der Waals surface area contributed by atoms with E-state index in [2.05, 4.69) is 10.3 Å². The number of hydrogen-bond acceptors (Lipinski definition) is 4. The number of amides is 1. The number of nitrogens with zero attached hydrogens (tertiary/aromatic N) is 1. The second-order valence-corrected chi connectivity index (χ2v) is 5.88. The molecule has 6 heteroatoms. The van der Waals surface area contributed by atoms with Crippen molar-refractivity contribution in [1.82, 2.24) is 10.3 Å². The topological polar surface area (TPSA) is 79.3 Å². The van der Waals surface area contributed by atoms with Gasteiger partial charge in [0.1, 0.15) is 0 Å². The van der Waals surface area contributed by atoms with E-state index in [1.54, 1.807) is 6.08 Å². The zero-order valence-corrected chi connectivity index (χ0v) is 11.5. The van der Waals surface area contributed by atoms with E-state index >= 15 is 0 Å². The largest absolute Gasteiger partial charge is 0.481 e. The van der Waals surface area contributed by atoms with Gasteiger partial charge in [-0.2, -0.15) is 0 Å². The van der Waals surface area contributed by atoms with Gasteiger partial charge in [0, 0.05) is 11.5 Å². The molecule has 0 saturated heterocycles. The van der Waals surface area contributed by atoms with Crippen LogP contribution in [0.25, 0.3) is 6.08 Å². The number of carbonyl (C=O) groups is 2. The molecule has 1 saturated carbocycles. The second kappa shape index (κ2) is 5.52. The molecule has 1 amide bonds. The van der Waals surface area contributed by atoms with Crippen LogP contribution < -0.4 is 5.32 Å². The molecular formula is C13H16N2O3S. The van der Waals surface area contributed by atoms with Crippen molar-refractivity contribution in [3.05, 3.63) is 22.2 Å². The molecule has 1 aliphatic carbocycles. The highest BCUT2D eigenvalue weighted by atomic mass is 32.1. The highest BCUT2D eigenvalue weighted by Crippen LogP contribution is 2.34. The number of hydrogen-bond donors (Lipinski definition) is 2. The van der Waals surface area contributed by atoms with Crippen LogP contribution in [0.15, 0.2) is 11.5 Å². The van der Waals surface area contributed by atoms with Crippen LogP contribution in [0.1, 0.15) is 36.4 Å². The third-order valence-electron chi connectivity index (χ3n) is 3.23. The molecule has 102 valence electrons. The lowest BCUT2D eigenvalue weighted by Crippen LogP contribution is -2.54. The maximum atomic E-state index is 11.8. The molecule has 2 rings (SSSR count). The standard InChI is InChI=1S/C13H16N2O3S/c1-9-14-10(8-19-9)3-4-11(16)15-13(5-2-6-13)7-12(17)18/h3-4,8H,2,5-7H2,1H3,(H,15,16)(H,17,18). The van der Waals surface area contributed by atoms with E-state index in [0.717, 1.165) is 30.0 Å². The molecule has 2 N–H and O–H groups in total. The summed E-state index contributed by atoms with van der Waals surface area (Å²) in [6.45, 7) is 1.90. The number of carboxylic acid groups (broad SMARTS) is 1. The van der Waals surface area contributed by atoms with Crippen LogP contribution in [0.4, 0.5) is 0 Å². The zero-order valence-electron chi connectivity index (χ0n) is 10.7. The maximum absolute atomic E-state index is 11.8. The molecule has 19 heavy (non-hydrogen) atoms. The summed E-state index contributed by atoms with van der Waals surface area (Å²) in [5, 5.41) is 14.5. The number of aryl methyl sites for hydroxylation is 1. The average Bonchev–Trinajstić information content (AvgIpc) is 2.69. The summed E-state index contributed by atoms with van der Waals surface area (Å²) in [5.74, 6) is -1.13. The average molecular weight is 280 g/mol. The maximum Gasteiger partial charge on any atom is 0.305 e. The number of thiazole rings is 1. The number of aliphatic carboxylic acids is 1. The van der Waals surface area contributed by atoms with E-state index in [0.29, 0.717) is 0 Å². The van der Waals surface area contributed by atoms with Gasteiger partial charge in [-0.05, 0) is 32.3 Å². The lowest BCUT2D eigenvalue weighted by molar-refractivity contribution is -0.140. The summed E-state index contributed by atoms with van der Waals surface area (Å²) < 4.78 is 0. The Morgan fingerprint density at radius 2 is 2.32 bits per heavy atom. The summed E-state index contributed by atoms with van der Waals surface area (Å²) in [6.07, 6.45) is 5.47. The summed E-state index contributed by atoms with van der Waals surface area (Å²) in [7, 11) is 0. The first kappa shape index (κ1) is 13.7. The van der Waals surface area contributed by atoms with Gasteiger partial charge in [0.2, 0.25) is 5.91 Å². The fourth-order valence-electron chi connectivity index (χ4n) is 2.16. The van der Waals surface area contributed by atoms with E-state index < -0.39 is 11.5 Å². The predicted octanol–water partition coefficient (Wildman–Crippen LogP) is 1.98. The monoisotopic (exact) mass is 280 g/mol. The van der Waals surface area contributed by atoms with Gasteiger partial charge in [0.15, 0.2) is 0 Å². The zero-order chi connectivity index (χ0) is 13.9. The minimum absolute atomic E-state index is 0.0115. The van der Waals surface area contributed by atoms with Crippen LogP contribution in [-0.2, 0) is 9.59 Å². The number of carbonyl (C=O) groups excluding carboxylic acids is 1. The van der Waals surface area contributed by atoms with E-state index in [9.17, 15) is 9.59 Å². The molecule has 5 nitrogen and oxygen atoms in total. The Morgan fingerprint density at radius 3 is 2.79 bits per heavy atom. The van der Waals surface area contributed by atoms with Crippen molar-refractivity contribution in [3.63, 3.8) is 0 Å². The summed E-state index contributed by atoms with van der Waals surface area (Å²) in [6, 6.07) is 0. The van der Waals surface area contributed by atoms with E-state index in [1.165, 1.54) is 17.4 Å². The Balaban J connectivity index is 1.93. The van der Waals surface area contributed by atoms with Crippen molar-refractivity contribution < 1.29 is 14.7 Å². The predicted molar refractivity (Wildman–Crippen MR) is 72.9 cm³/mol. The molecule has 0 aliphatic heterocycles. The van der Waals surface area contributed by atoms with Crippen molar-refractivity contribution >= 4 is 29.3 Å².